The molecule has 0 saturated heterocycles. The molecule has 17 heavy (non-hydrogen) atoms. The van der Waals surface area contributed by atoms with Gasteiger partial charge in [0.05, 0.1) is 6.61 Å². The Morgan fingerprint density at radius 1 is 1.35 bits per heavy atom. The molecule has 0 radical (unpaired) electrons. The van der Waals surface area contributed by atoms with Crippen molar-refractivity contribution in [1.82, 2.24) is 0 Å². The van der Waals surface area contributed by atoms with Gasteiger partial charge in [0.1, 0.15) is 11.5 Å². The van der Waals surface area contributed by atoms with Crippen LogP contribution in [0.2, 0.25) is 0 Å². The summed E-state index contributed by atoms with van der Waals surface area (Å²) in [7, 11) is 0. The van der Waals surface area contributed by atoms with Gasteiger partial charge >= 0.3 is 0 Å². The van der Waals surface area contributed by atoms with Gasteiger partial charge in [-0.1, -0.05) is 22.9 Å². The SMILES string of the molecule is CC1CCc2cc(Br)ccc2OCCC(=O)C1. The molecule has 0 bridgehead atoms. The molecule has 1 aliphatic rings. The molecule has 1 aliphatic heterocycles. The Morgan fingerprint density at radius 2 is 2.18 bits per heavy atom. The lowest BCUT2D eigenvalue weighted by Gasteiger charge is -2.17. The molecule has 0 saturated carbocycles. The van der Waals surface area contributed by atoms with Gasteiger partial charge in [0.25, 0.3) is 0 Å². The van der Waals surface area contributed by atoms with Crippen LogP contribution in [0.4, 0.5) is 0 Å². The lowest BCUT2D eigenvalue weighted by atomic mass is 9.95. The number of carbonyl (C=O) groups is 1. The molecule has 0 aliphatic carbocycles. The van der Waals surface area contributed by atoms with Crippen LogP contribution in [0.3, 0.4) is 0 Å². The number of carbonyl (C=O) groups excluding carboxylic acids is 1. The molecule has 0 aromatic heterocycles. The summed E-state index contributed by atoms with van der Waals surface area (Å²) in [5.74, 6) is 1.71. The first-order valence-electron chi connectivity index (χ1n) is 6.08. The average molecular weight is 297 g/mol. The minimum Gasteiger partial charge on any atom is -0.493 e. The first kappa shape index (κ1) is 12.6. The van der Waals surface area contributed by atoms with Crippen molar-refractivity contribution >= 4 is 21.7 Å². The van der Waals surface area contributed by atoms with E-state index in [9.17, 15) is 4.79 Å². The lowest BCUT2D eigenvalue weighted by molar-refractivity contribution is -0.120. The highest BCUT2D eigenvalue weighted by Gasteiger charge is 2.14. The molecule has 2 rings (SSSR count). The van der Waals surface area contributed by atoms with Gasteiger partial charge in [-0.05, 0) is 42.5 Å². The molecule has 1 atom stereocenters. The summed E-state index contributed by atoms with van der Waals surface area (Å²) in [5.41, 5.74) is 1.24. The topological polar surface area (TPSA) is 26.3 Å². The van der Waals surface area contributed by atoms with Crippen LogP contribution in [0.25, 0.3) is 0 Å². The summed E-state index contributed by atoms with van der Waals surface area (Å²) in [6.45, 7) is 2.65. The monoisotopic (exact) mass is 296 g/mol. The first-order chi connectivity index (χ1) is 8.15. The van der Waals surface area contributed by atoms with Crippen molar-refractivity contribution in [1.29, 1.82) is 0 Å². The zero-order chi connectivity index (χ0) is 12.3. The number of Topliss-reactive ketones (excluding diaryl/α,β-unsaturated/α-hetero) is 1. The Labute approximate surface area is 110 Å². The molecule has 0 fully saturated rings. The maximum Gasteiger partial charge on any atom is 0.136 e. The van der Waals surface area contributed by atoms with Crippen molar-refractivity contribution in [2.24, 2.45) is 5.92 Å². The van der Waals surface area contributed by atoms with Gasteiger partial charge in [0.2, 0.25) is 0 Å². The van der Waals surface area contributed by atoms with E-state index in [4.69, 9.17) is 4.74 Å². The second-order valence-electron chi connectivity index (χ2n) is 4.74. The third-order valence-corrected chi connectivity index (χ3v) is 3.64. The van der Waals surface area contributed by atoms with E-state index in [2.05, 4.69) is 28.9 Å². The first-order valence-corrected chi connectivity index (χ1v) is 6.87. The van der Waals surface area contributed by atoms with E-state index in [1.165, 1.54) is 5.56 Å². The van der Waals surface area contributed by atoms with Crippen molar-refractivity contribution < 1.29 is 9.53 Å². The van der Waals surface area contributed by atoms with Crippen LogP contribution in [0.1, 0.15) is 31.7 Å². The highest BCUT2D eigenvalue weighted by Crippen LogP contribution is 2.27. The number of aryl methyl sites for hydroxylation is 1. The third kappa shape index (κ3) is 3.56. The Kier molecular flexibility index (Phi) is 4.21. The fraction of sp³-hybridized carbons (Fsp3) is 0.500. The number of rotatable bonds is 0. The molecule has 1 aromatic rings. The number of fused-ring (bicyclic) bond motifs is 1. The van der Waals surface area contributed by atoms with E-state index < -0.39 is 0 Å². The summed E-state index contributed by atoms with van der Waals surface area (Å²) >= 11 is 3.49. The predicted octanol–water partition coefficient (Wildman–Crippen LogP) is 3.76. The van der Waals surface area contributed by atoms with E-state index >= 15 is 0 Å². The predicted molar refractivity (Wildman–Crippen MR) is 71.4 cm³/mol. The van der Waals surface area contributed by atoms with Crippen LogP contribution in [0.5, 0.6) is 5.75 Å². The van der Waals surface area contributed by atoms with E-state index in [1.807, 2.05) is 12.1 Å². The fourth-order valence-electron chi connectivity index (χ4n) is 2.15. The maximum atomic E-state index is 11.6. The number of hydrogen-bond acceptors (Lipinski definition) is 2. The van der Waals surface area contributed by atoms with Crippen LogP contribution >= 0.6 is 15.9 Å². The van der Waals surface area contributed by atoms with Crippen molar-refractivity contribution in [3.63, 3.8) is 0 Å². The van der Waals surface area contributed by atoms with Crippen molar-refractivity contribution in [2.75, 3.05) is 6.61 Å². The van der Waals surface area contributed by atoms with Crippen molar-refractivity contribution in [3.05, 3.63) is 28.2 Å². The zero-order valence-corrected chi connectivity index (χ0v) is 11.6. The average Bonchev–Trinajstić information content (AvgIpc) is 2.28. The highest BCUT2D eigenvalue weighted by molar-refractivity contribution is 9.10. The number of ether oxygens (including phenoxy) is 1. The summed E-state index contributed by atoms with van der Waals surface area (Å²) in [6.07, 6.45) is 3.23. The lowest BCUT2D eigenvalue weighted by Crippen LogP contribution is -2.13. The summed E-state index contributed by atoms with van der Waals surface area (Å²) in [5, 5.41) is 0. The van der Waals surface area contributed by atoms with Crippen molar-refractivity contribution in [2.45, 2.75) is 32.6 Å². The second kappa shape index (κ2) is 5.67. The number of ketones is 1. The van der Waals surface area contributed by atoms with Crippen LogP contribution in [-0.2, 0) is 11.2 Å². The molecule has 3 heteroatoms. The summed E-state index contributed by atoms with van der Waals surface area (Å²) < 4.78 is 6.77. The Hall–Kier alpha value is -0.830. The Balaban J connectivity index is 2.19. The molecule has 1 heterocycles. The largest absolute Gasteiger partial charge is 0.493 e. The highest BCUT2D eigenvalue weighted by atomic mass is 79.9. The van der Waals surface area contributed by atoms with Gasteiger partial charge in [-0.2, -0.15) is 0 Å². The summed E-state index contributed by atoms with van der Waals surface area (Å²) in [6, 6.07) is 6.08. The van der Waals surface area contributed by atoms with E-state index in [0.29, 0.717) is 31.1 Å². The molecule has 0 N–H and O–H groups in total. The van der Waals surface area contributed by atoms with Crippen LogP contribution in [-0.4, -0.2) is 12.4 Å². The zero-order valence-electron chi connectivity index (χ0n) is 10.0. The molecular weight excluding hydrogens is 280 g/mol. The quantitative estimate of drug-likeness (QED) is 0.729. The molecule has 92 valence electrons. The van der Waals surface area contributed by atoms with E-state index in [0.717, 1.165) is 23.1 Å². The van der Waals surface area contributed by atoms with Crippen LogP contribution in [0, 0.1) is 5.92 Å². The maximum absolute atomic E-state index is 11.6. The summed E-state index contributed by atoms with van der Waals surface area (Å²) in [4.78, 5) is 11.6. The molecular formula is C14H17BrO2. The standard InChI is InChI=1S/C14H17BrO2/c1-10-2-3-11-9-12(15)4-5-14(11)17-7-6-13(16)8-10/h4-5,9-10H,2-3,6-8H2,1H3. The van der Waals surface area contributed by atoms with Gasteiger partial charge in [-0.15, -0.1) is 0 Å². The van der Waals surface area contributed by atoms with Crippen LogP contribution < -0.4 is 4.74 Å². The molecule has 2 nitrogen and oxygen atoms in total. The van der Waals surface area contributed by atoms with Crippen molar-refractivity contribution in [3.8, 4) is 5.75 Å². The Bertz CT molecular complexity index is 415. The minimum absolute atomic E-state index is 0.318. The van der Waals surface area contributed by atoms with Gasteiger partial charge in [0.15, 0.2) is 0 Å². The Morgan fingerprint density at radius 3 is 3.00 bits per heavy atom. The molecule has 1 unspecified atom stereocenters. The number of benzene rings is 1. The second-order valence-corrected chi connectivity index (χ2v) is 5.65. The van der Waals surface area contributed by atoms with Gasteiger partial charge in [-0.25, -0.2) is 0 Å². The smallest absolute Gasteiger partial charge is 0.136 e. The molecule has 1 aromatic carbocycles. The van der Waals surface area contributed by atoms with Gasteiger partial charge in [0, 0.05) is 17.3 Å². The normalized spacial score (nSPS) is 21.5. The molecule has 0 spiro atoms. The fourth-order valence-corrected chi connectivity index (χ4v) is 2.56. The number of hydrogen-bond donors (Lipinski definition) is 0. The van der Waals surface area contributed by atoms with E-state index in [-0.39, 0.29) is 0 Å². The number of halogens is 1. The minimum atomic E-state index is 0.318. The third-order valence-electron chi connectivity index (χ3n) is 3.14. The van der Waals surface area contributed by atoms with Gasteiger partial charge in [-0.3, -0.25) is 4.79 Å². The van der Waals surface area contributed by atoms with E-state index in [1.54, 1.807) is 0 Å². The van der Waals surface area contributed by atoms with Crippen LogP contribution in [0.15, 0.2) is 22.7 Å². The molecule has 0 amide bonds. The van der Waals surface area contributed by atoms with Gasteiger partial charge < -0.3 is 4.74 Å².